The van der Waals surface area contributed by atoms with Gasteiger partial charge in [-0.15, -0.1) is 0 Å². The molecule has 3 rings (SSSR count). The van der Waals surface area contributed by atoms with E-state index in [2.05, 4.69) is 20.7 Å². The van der Waals surface area contributed by atoms with E-state index in [9.17, 15) is 9.59 Å². The molecule has 1 atom stereocenters. The van der Waals surface area contributed by atoms with Gasteiger partial charge in [-0.2, -0.15) is 10.1 Å². The van der Waals surface area contributed by atoms with Crippen molar-refractivity contribution < 1.29 is 9.59 Å². The maximum absolute atomic E-state index is 11.9. The second-order valence-electron chi connectivity index (χ2n) is 4.15. The molecule has 0 radical (unpaired) electrons. The first-order chi connectivity index (χ1) is 9.24. The van der Waals surface area contributed by atoms with Gasteiger partial charge in [0.1, 0.15) is 12.4 Å². The number of para-hydroxylation sites is 1. The van der Waals surface area contributed by atoms with Gasteiger partial charge in [-0.3, -0.25) is 14.9 Å². The molecule has 96 valence electrons. The van der Waals surface area contributed by atoms with Gasteiger partial charge in [-0.25, -0.2) is 4.68 Å². The number of hydrogen-bond donors (Lipinski definition) is 2. The summed E-state index contributed by atoms with van der Waals surface area (Å²) in [5.41, 5.74) is 0.699. The van der Waals surface area contributed by atoms with Crippen molar-refractivity contribution in [1.82, 2.24) is 14.8 Å². The molecule has 1 aromatic carbocycles. The molecule has 19 heavy (non-hydrogen) atoms. The SMILES string of the molecule is O=C(CC1C(=O)Nc2ncnn21)Nc1ccccc1. The first-order valence-corrected chi connectivity index (χ1v) is 5.79. The maximum Gasteiger partial charge on any atom is 0.252 e. The lowest BCUT2D eigenvalue weighted by Gasteiger charge is -2.09. The summed E-state index contributed by atoms with van der Waals surface area (Å²) in [4.78, 5) is 27.5. The lowest BCUT2D eigenvalue weighted by molar-refractivity contribution is -0.123. The molecule has 7 heteroatoms. The second-order valence-corrected chi connectivity index (χ2v) is 4.15. The molecule has 0 bridgehead atoms. The van der Waals surface area contributed by atoms with E-state index in [-0.39, 0.29) is 18.2 Å². The third-order valence-corrected chi connectivity index (χ3v) is 2.84. The number of rotatable bonds is 3. The number of hydrogen-bond acceptors (Lipinski definition) is 4. The number of anilines is 2. The normalized spacial score (nSPS) is 16.8. The molecule has 7 nitrogen and oxygen atoms in total. The summed E-state index contributed by atoms with van der Waals surface area (Å²) in [6.07, 6.45) is 1.37. The van der Waals surface area contributed by atoms with Gasteiger partial charge in [0, 0.05) is 5.69 Å². The summed E-state index contributed by atoms with van der Waals surface area (Å²) in [5.74, 6) is -0.129. The van der Waals surface area contributed by atoms with Gasteiger partial charge in [0.25, 0.3) is 5.91 Å². The number of amides is 2. The standard InChI is InChI=1S/C12H11N5O2/c18-10(15-8-4-2-1-3-5-8)6-9-11(19)16-12-13-7-14-17(9)12/h1-5,7,9H,6H2,(H,15,18)(H,13,14,16,19). The molecular weight excluding hydrogens is 246 g/mol. The highest BCUT2D eigenvalue weighted by Gasteiger charge is 2.33. The van der Waals surface area contributed by atoms with E-state index in [0.717, 1.165) is 0 Å². The summed E-state index contributed by atoms with van der Waals surface area (Å²) in [5, 5.41) is 9.23. The van der Waals surface area contributed by atoms with Crippen LogP contribution in [-0.2, 0) is 9.59 Å². The van der Waals surface area contributed by atoms with Crippen molar-refractivity contribution in [3.8, 4) is 0 Å². The highest BCUT2D eigenvalue weighted by molar-refractivity contribution is 6.00. The Labute approximate surface area is 108 Å². The zero-order valence-electron chi connectivity index (χ0n) is 9.91. The molecule has 1 aliphatic rings. The molecule has 1 unspecified atom stereocenters. The minimum absolute atomic E-state index is 0.0249. The first-order valence-electron chi connectivity index (χ1n) is 5.79. The van der Waals surface area contributed by atoms with E-state index in [1.165, 1.54) is 11.0 Å². The van der Waals surface area contributed by atoms with Crippen LogP contribution in [0.2, 0.25) is 0 Å². The van der Waals surface area contributed by atoms with Gasteiger partial charge in [0.2, 0.25) is 11.9 Å². The van der Waals surface area contributed by atoms with Crippen LogP contribution in [-0.4, -0.2) is 26.6 Å². The van der Waals surface area contributed by atoms with E-state index in [1.807, 2.05) is 18.2 Å². The van der Waals surface area contributed by atoms with E-state index >= 15 is 0 Å². The fraction of sp³-hybridized carbons (Fsp3) is 0.167. The van der Waals surface area contributed by atoms with Crippen LogP contribution in [0, 0.1) is 0 Å². The van der Waals surface area contributed by atoms with Crippen molar-refractivity contribution in [2.45, 2.75) is 12.5 Å². The highest BCUT2D eigenvalue weighted by Crippen LogP contribution is 2.23. The van der Waals surface area contributed by atoms with Gasteiger partial charge >= 0.3 is 0 Å². The van der Waals surface area contributed by atoms with Crippen LogP contribution in [0.1, 0.15) is 12.5 Å². The van der Waals surface area contributed by atoms with E-state index in [4.69, 9.17) is 0 Å². The van der Waals surface area contributed by atoms with Crippen LogP contribution in [0.25, 0.3) is 0 Å². The molecule has 0 saturated heterocycles. The van der Waals surface area contributed by atoms with Crippen LogP contribution in [0.15, 0.2) is 36.7 Å². The molecule has 2 N–H and O–H groups in total. The van der Waals surface area contributed by atoms with Crippen molar-refractivity contribution in [3.05, 3.63) is 36.7 Å². The molecule has 2 amide bonds. The Hall–Kier alpha value is -2.70. The van der Waals surface area contributed by atoms with Gasteiger partial charge < -0.3 is 5.32 Å². The number of carbonyl (C=O) groups excluding carboxylic acids is 2. The summed E-state index contributed by atoms with van der Waals surface area (Å²) in [6.45, 7) is 0. The fourth-order valence-corrected chi connectivity index (χ4v) is 1.96. The molecule has 0 fully saturated rings. The van der Waals surface area contributed by atoms with Crippen molar-refractivity contribution >= 4 is 23.5 Å². The lowest BCUT2D eigenvalue weighted by Crippen LogP contribution is -2.23. The van der Waals surface area contributed by atoms with Crippen LogP contribution in [0.3, 0.4) is 0 Å². The Bertz CT molecular complexity index is 622. The van der Waals surface area contributed by atoms with E-state index < -0.39 is 6.04 Å². The van der Waals surface area contributed by atoms with Crippen LogP contribution in [0.4, 0.5) is 11.6 Å². The number of nitrogens with zero attached hydrogens (tertiary/aromatic N) is 3. The Kier molecular flexibility index (Phi) is 2.71. The summed E-state index contributed by atoms with van der Waals surface area (Å²) >= 11 is 0. The molecule has 2 heterocycles. The second kappa shape index (κ2) is 4.52. The Morgan fingerprint density at radius 3 is 2.95 bits per heavy atom. The van der Waals surface area contributed by atoms with Gasteiger partial charge in [0.05, 0.1) is 6.42 Å². The smallest absolute Gasteiger partial charge is 0.252 e. The average Bonchev–Trinajstić information content (AvgIpc) is 2.94. The first kappa shape index (κ1) is 11.4. The quantitative estimate of drug-likeness (QED) is 0.851. The number of fused-ring (bicyclic) bond motifs is 1. The lowest BCUT2D eigenvalue weighted by atomic mass is 10.2. The summed E-state index contributed by atoms with van der Waals surface area (Å²) in [7, 11) is 0. The molecule has 0 spiro atoms. The van der Waals surface area contributed by atoms with Crippen molar-refractivity contribution in [2.24, 2.45) is 0 Å². The third kappa shape index (κ3) is 2.17. The fourth-order valence-electron chi connectivity index (χ4n) is 1.96. The van der Waals surface area contributed by atoms with Gasteiger partial charge in [-0.1, -0.05) is 18.2 Å². The van der Waals surface area contributed by atoms with E-state index in [0.29, 0.717) is 11.6 Å². The number of carbonyl (C=O) groups is 2. The zero-order chi connectivity index (χ0) is 13.2. The molecule has 2 aromatic rings. The van der Waals surface area contributed by atoms with Gasteiger partial charge in [-0.05, 0) is 12.1 Å². The Morgan fingerprint density at radius 1 is 1.37 bits per heavy atom. The average molecular weight is 257 g/mol. The number of nitrogens with one attached hydrogen (secondary N) is 2. The Balaban J connectivity index is 1.69. The summed E-state index contributed by atoms with van der Waals surface area (Å²) < 4.78 is 1.42. The van der Waals surface area contributed by atoms with Crippen LogP contribution < -0.4 is 10.6 Å². The highest BCUT2D eigenvalue weighted by atomic mass is 16.2. The molecular formula is C12H11N5O2. The van der Waals surface area contributed by atoms with Crippen molar-refractivity contribution in [3.63, 3.8) is 0 Å². The predicted octanol–water partition coefficient (Wildman–Crippen LogP) is 0.800. The van der Waals surface area contributed by atoms with Crippen LogP contribution in [0.5, 0.6) is 0 Å². The molecule has 0 aliphatic carbocycles. The minimum atomic E-state index is -0.638. The van der Waals surface area contributed by atoms with Crippen molar-refractivity contribution in [1.29, 1.82) is 0 Å². The number of benzene rings is 1. The Morgan fingerprint density at radius 2 is 2.16 bits per heavy atom. The molecule has 1 aliphatic heterocycles. The van der Waals surface area contributed by atoms with Crippen LogP contribution >= 0.6 is 0 Å². The molecule has 1 aromatic heterocycles. The maximum atomic E-state index is 11.9. The number of aromatic nitrogens is 3. The zero-order valence-corrected chi connectivity index (χ0v) is 9.91. The summed E-state index contributed by atoms with van der Waals surface area (Å²) in [6, 6.07) is 8.45. The largest absolute Gasteiger partial charge is 0.326 e. The van der Waals surface area contributed by atoms with Gasteiger partial charge in [0.15, 0.2) is 0 Å². The van der Waals surface area contributed by atoms with Crippen molar-refractivity contribution in [2.75, 3.05) is 10.6 Å². The minimum Gasteiger partial charge on any atom is -0.326 e. The molecule has 0 saturated carbocycles. The topological polar surface area (TPSA) is 88.9 Å². The predicted molar refractivity (Wildman–Crippen MR) is 67.4 cm³/mol. The van der Waals surface area contributed by atoms with E-state index in [1.54, 1.807) is 12.1 Å². The monoisotopic (exact) mass is 257 g/mol. The third-order valence-electron chi connectivity index (χ3n) is 2.84.